The summed E-state index contributed by atoms with van der Waals surface area (Å²) in [4.78, 5) is 3.44. The lowest BCUT2D eigenvalue weighted by molar-refractivity contribution is 0.626. The summed E-state index contributed by atoms with van der Waals surface area (Å²) >= 11 is 0. The third kappa shape index (κ3) is 3.01. The number of halogens is 1. The summed E-state index contributed by atoms with van der Waals surface area (Å²) in [7, 11) is 0. The lowest BCUT2D eigenvalue weighted by atomic mass is 10.1. The Morgan fingerprint density at radius 3 is 2.54 bits per heavy atom. The lowest BCUT2D eigenvalue weighted by Crippen LogP contribution is -1.99. The van der Waals surface area contributed by atoms with Crippen LogP contribution in [-0.4, -0.2) is 4.98 Å². The molecule has 118 valence electrons. The van der Waals surface area contributed by atoms with Gasteiger partial charge in [-0.05, 0) is 47.5 Å². The molecule has 0 aliphatic carbocycles. The van der Waals surface area contributed by atoms with Crippen LogP contribution in [0, 0.1) is 5.82 Å². The van der Waals surface area contributed by atoms with Crippen molar-refractivity contribution in [2.24, 2.45) is 0 Å². The van der Waals surface area contributed by atoms with E-state index in [1.165, 1.54) is 11.6 Å². The van der Waals surface area contributed by atoms with E-state index in [0.29, 0.717) is 6.54 Å². The molecule has 4 rings (SSSR count). The predicted molar refractivity (Wildman–Crippen MR) is 97.5 cm³/mol. The maximum atomic E-state index is 13.2. The first kappa shape index (κ1) is 14.5. The quantitative estimate of drug-likeness (QED) is 0.505. The molecular formula is C21H17FN2. The zero-order valence-corrected chi connectivity index (χ0v) is 13.1. The average Bonchev–Trinajstić information content (AvgIpc) is 3.04. The van der Waals surface area contributed by atoms with Crippen LogP contribution in [0.15, 0.2) is 78.9 Å². The van der Waals surface area contributed by atoms with Crippen molar-refractivity contribution in [2.45, 2.75) is 6.54 Å². The molecule has 0 spiro atoms. The average molecular weight is 316 g/mol. The van der Waals surface area contributed by atoms with Gasteiger partial charge in [0.05, 0.1) is 0 Å². The number of rotatable bonds is 4. The van der Waals surface area contributed by atoms with E-state index in [-0.39, 0.29) is 5.82 Å². The number of anilines is 1. The molecule has 0 radical (unpaired) electrons. The summed E-state index contributed by atoms with van der Waals surface area (Å²) in [5.41, 5.74) is 5.32. The van der Waals surface area contributed by atoms with Gasteiger partial charge in [0.15, 0.2) is 0 Å². The van der Waals surface area contributed by atoms with E-state index in [9.17, 15) is 4.39 Å². The maximum absolute atomic E-state index is 13.2. The van der Waals surface area contributed by atoms with E-state index in [2.05, 4.69) is 40.6 Å². The highest BCUT2D eigenvalue weighted by Crippen LogP contribution is 2.26. The molecule has 0 saturated carbocycles. The van der Waals surface area contributed by atoms with E-state index >= 15 is 0 Å². The monoisotopic (exact) mass is 316 g/mol. The number of fused-ring (bicyclic) bond motifs is 1. The fraction of sp³-hybridized carbons (Fsp3) is 0.0476. The molecule has 0 aliphatic rings. The van der Waals surface area contributed by atoms with Crippen molar-refractivity contribution in [1.82, 2.24) is 4.98 Å². The second-order valence-corrected chi connectivity index (χ2v) is 5.83. The van der Waals surface area contributed by atoms with Gasteiger partial charge >= 0.3 is 0 Å². The van der Waals surface area contributed by atoms with Gasteiger partial charge in [0.2, 0.25) is 0 Å². The van der Waals surface area contributed by atoms with Crippen LogP contribution in [0.1, 0.15) is 5.56 Å². The van der Waals surface area contributed by atoms with E-state index in [1.54, 1.807) is 12.1 Å². The Morgan fingerprint density at radius 1 is 0.833 bits per heavy atom. The zero-order chi connectivity index (χ0) is 16.4. The molecule has 2 nitrogen and oxygen atoms in total. The molecule has 0 bridgehead atoms. The first-order chi connectivity index (χ1) is 11.8. The summed E-state index contributed by atoms with van der Waals surface area (Å²) in [6.07, 6.45) is 0. The van der Waals surface area contributed by atoms with Gasteiger partial charge in [-0.25, -0.2) is 4.39 Å². The summed E-state index contributed by atoms with van der Waals surface area (Å²) in [6, 6.07) is 25.3. The standard InChI is InChI=1S/C21H17FN2/c22-18-8-4-5-15(11-18)14-23-19-9-10-20-17(12-19)13-21(24-20)16-6-2-1-3-7-16/h1-13,23-24H,14H2. The van der Waals surface area contributed by atoms with Crippen molar-refractivity contribution in [3.63, 3.8) is 0 Å². The molecule has 0 fully saturated rings. The topological polar surface area (TPSA) is 27.8 Å². The minimum atomic E-state index is -0.206. The second-order valence-electron chi connectivity index (χ2n) is 5.83. The van der Waals surface area contributed by atoms with Crippen molar-refractivity contribution in [3.05, 3.63) is 90.2 Å². The van der Waals surface area contributed by atoms with Crippen LogP contribution in [0.4, 0.5) is 10.1 Å². The summed E-state index contributed by atoms with van der Waals surface area (Å²) < 4.78 is 13.2. The van der Waals surface area contributed by atoms with Crippen LogP contribution < -0.4 is 5.32 Å². The third-order valence-corrected chi connectivity index (χ3v) is 4.09. The molecule has 3 heteroatoms. The Morgan fingerprint density at radius 2 is 1.71 bits per heavy atom. The van der Waals surface area contributed by atoms with Crippen molar-refractivity contribution >= 4 is 16.6 Å². The maximum Gasteiger partial charge on any atom is 0.123 e. The number of aromatic nitrogens is 1. The van der Waals surface area contributed by atoms with E-state index in [4.69, 9.17) is 0 Å². The number of benzene rings is 3. The van der Waals surface area contributed by atoms with Crippen LogP contribution in [0.3, 0.4) is 0 Å². The fourth-order valence-corrected chi connectivity index (χ4v) is 2.87. The SMILES string of the molecule is Fc1cccc(CNc2ccc3[nH]c(-c4ccccc4)cc3c2)c1. The second kappa shape index (κ2) is 6.20. The van der Waals surface area contributed by atoms with Crippen LogP contribution >= 0.6 is 0 Å². The largest absolute Gasteiger partial charge is 0.381 e. The van der Waals surface area contributed by atoms with Crippen molar-refractivity contribution in [3.8, 4) is 11.3 Å². The Hall–Kier alpha value is -3.07. The van der Waals surface area contributed by atoms with Gasteiger partial charge in [0, 0.05) is 28.8 Å². The third-order valence-electron chi connectivity index (χ3n) is 4.09. The number of nitrogens with one attached hydrogen (secondary N) is 2. The van der Waals surface area contributed by atoms with E-state index in [0.717, 1.165) is 27.8 Å². The van der Waals surface area contributed by atoms with Gasteiger partial charge in [-0.3, -0.25) is 0 Å². The fourth-order valence-electron chi connectivity index (χ4n) is 2.87. The Balaban J connectivity index is 1.57. The molecule has 2 N–H and O–H groups in total. The highest BCUT2D eigenvalue weighted by molar-refractivity contribution is 5.88. The molecule has 4 aromatic rings. The van der Waals surface area contributed by atoms with Crippen LogP contribution in [0.25, 0.3) is 22.2 Å². The Bertz CT molecular complexity index is 973. The van der Waals surface area contributed by atoms with Crippen molar-refractivity contribution < 1.29 is 4.39 Å². The molecule has 3 aromatic carbocycles. The summed E-state index contributed by atoms with van der Waals surface area (Å²) in [5.74, 6) is -0.206. The minimum absolute atomic E-state index is 0.206. The number of H-pyrrole nitrogens is 1. The molecule has 1 aromatic heterocycles. The lowest BCUT2D eigenvalue weighted by Gasteiger charge is -2.06. The van der Waals surface area contributed by atoms with Crippen LogP contribution in [0.5, 0.6) is 0 Å². The predicted octanol–water partition coefficient (Wildman–Crippen LogP) is 5.59. The summed E-state index contributed by atoms with van der Waals surface area (Å²) in [6.45, 7) is 0.596. The van der Waals surface area contributed by atoms with Gasteiger partial charge in [-0.15, -0.1) is 0 Å². The molecule has 0 unspecified atom stereocenters. The molecule has 0 amide bonds. The number of hydrogen-bond donors (Lipinski definition) is 2. The van der Waals surface area contributed by atoms with E-state index in [1.807, 2.05) is 30.3 Å². The minimum Gasteiger partial charge on any atom is -0.381 e. The highest BCUT2D eigenvalue weighted by atomic mass is 19.1. The normalized spacial score (nSPS) is 10.9. The summed E-state index contributed by atoms with van der Waals surface area (Å²) in [5, 5.41) is 4.50. The first-order valence-electron chi connectivity index (χ1n) is 7.94. The van der Waals surface area contributed by atoms with Crippen LogP contribution in [-0.2, 0) is 6.54 Å². The zero-order valence-electron chi connectivity index (χ0n) is 13.1. The molecule has 24 heavy (non-hydrogen) atoms. The van der Waals surface area contributed by atoms with Crippen LogP contribution in [0.2, 0.25) is 0 Å². The van der Waals surface area contributed by atoms with Gasteiger partial charge in [0.1, 0.15) is 5.82 Å². The molecular weight excluding hydrogens is 299 g/mol. The molecule has 0 atom stereocenters. The Kier molecular flexibility index (Phi) is 3.75. The van der Waals surface area contributed by atoms with Crippen molar-refractivity contribution in [1.29, 1.82) is 0 Å². The smallest absolute Gasteiger partial charge is 0.123 e. The highest BCUT2D eigenvalue weighted by Gasteiger charge is 2.04. The number of hydrogen-bond acceptors (Lipinski definition) is 1. The Labute approximate surface area is 140 Å². The van der Waals surface area contributed by atoms with Gasteiger partial charge in [0.25, 0.3) is 0 Å². The van der Waals surface area contributed by atoms with Gasteiger partial charge < -0.3 is 10.3 Å². The van der Waals surface area contributed by atoms with Crippen molar-refractivity contribution in [2.75, 3.05) is 5.32 Å². The molecule has 0 aliphatic heterocycles. The van der Waals surface area contributed by atoms with Gasteiger partial charge in [-0.2, -0.15) is 0 Å². The number of aromatic amines is 1. The van der Waals surface area contributed by atoms with Gasteiger partial charge in [-0.1, -0.05) is 42.5 Å². The molecule has 0 saturated heterocycles. The first-order valence-corrected chi connectivity index (χ1v) is 7.94. The van der Waals surface area contributed by atoms with E-state index < -0.39 is 0 Å². The molecule has 1 heterocycles.